The second-order valence-electron chi connectivity index (χ2n) is 5.34. The molecule has 2 rings (SSSR count). The van der Waals surface area contributed by atoms with Crippen LogP contribution in [0.2, 0.25) is 0 Å². The number of allylic oxidation sites excluding steroid dienone is 1. The molecule has 0 saturated heterocycles. The summed E-state index contributed by atoms with van der Waals surface area (Å²) in [5.41, 5.74) is 2.05. The zero-order chi connectivity index (χ0) is 18.2. The van der Waals surface area contributed by atoms with Crippen LogP contribution in [0, 0.1) is 0 Å². The summed E-state index contributed by atoms with van der Waals surface area (Å²) in [6.45, 7) is 2.34. The molecule has 1 atom stereocenters. The molecule has 134 valence electrons. The first-order chi connectivity index (χ1) is 12.1. The molecular formula is C18H22N2O4S. The van der Waals surface area contributed by atoms with Gasteiger partial charge in [0.2, 0.25) is 0 Å². The highest BCUT2D eigenvalue weighted by molar-refractivity contribution is 7.80. The maximum Gasteiger partial charge on any atom is 0.338 e. The second-order valence-corrected chi connectivity index (χ2v) is 5.75. The molecule has 1 heterocycles. The average Bonchev–Trinajstić information content (AvgIpc) is 2.59. The zero-order valence-corrected chi connectivity index (χ0v) is 15.3. The number of nitrogens with one attached hydrogen (secondary N) is 2. The number of esters is 1. The molecule has 0 saturated carbocycles. The normalized spacial score (nSPS) is 17.2. The summed E-state index contributed by atoms with van der Waals surface area (Å²) in [5, 5.41) is 6.50. The number of methoxy groups -OCH3 is 2. The Kier molecular flexibility index (Phi) is 6.97. The van der Waals surface area contributed by atoms with Gasteiger partial charge in [0, 0.05) is 18.4 Å². The van der Waals surface area contributed by atoms with Crippen molar-refractivity contribution in [1.29, 1.82) is 0 Å². The smallest absolute Gasteiger partial charge is 0.338 e. The molecule has 1 aromatic carbocycles. The minimum Gasteiger partial charge on any atom is -0.496 e. The van der Waals surface area contributed by atoms with Crippen LogP contribution in [-0.2, 0) is 14.3 Å². The molecule has 7 heteroatoms. The van der Waals surface area contributed by atoms with Crippen molar-refractivity contribution in [2.75, 3.05) is 27.4 Å². The SMILES string of the molecule is COCCOC(=O)C1=C(C)NC(=S)N[C@H]1/C=C/c1ccccc1OC. The number of carbonyl (C=O) groups excluding carboxylic acids is 1. The van der Waals surface area contributed by atoms with Crippen molar-refractivity contribution in [3.05, 3.63) is 47.2 Å². The maximum absolute atomic E-state index is 12.4. The van der Waals surface area contributed by atoms with E-state index < -0.39 is 12.0 Å². The van der Waals surface area contributed by atoms with Crippen molar-refractivity contribution in [2.24, 2.45) is 0 Å². The Morgan fingerprint density at radius 2 is 2.04 bits per heavy atom. The second kappa shape index (κ2) is 9.19. The number of benzene rings is 1. The Bertz CT molecular complexity index is 700. The first-order valence-corrected chi connectivity index (χ1v) is 8.23. The zero-order valence-electron chi connectivity index (χ0n) is 14.5. The quantitative estimate of drug-likeness (QED) is 0.437. The third kappa shape index (κ3) is 5.04. The first kappa shape index (κ1) is 19.0. The molecule has 0 aromatic heterocycles. The van der Waals surface area contributed by atoms with E-state index in [0.29, 0.717) is 23.0 Å². The predicted molar refractivity (Wildman–Crippen MR) is 100 cm³/mol. The van der Waals surface area contributed by atoms with Gasteiger partial charge in [0.15, 0.2) is 5.11 Å². The number of hydrogen-bond donors (Lipinski definition) is 2. The topological polar surface area (TPSA) is 68.8 Å². The number of carbonyl (C=O) groups is 1. The number of rotatable bonds is 7. The van der Waals surface area contributed by atoms with Crippen LogP contribution in [-0.4, -0.2) is 44.6 Å². The van der Waals surface area contributed by atoms with Gasteiger partial charge in [-0.2, -0.15) is 0 Å². The summed E-state index contributed by atoms with van der Waals surface area (Å²) >= 11 is 5.20. The van der Waals surface area contributed by atoms with E-state index in [0.717, 1.165) is 11.3 Å². The standard InChI is InChI=1S/C18H22N2O4S/c1-12-16(17(21)24-11-10-22-2)14(20-18(25)19-12)9-8-13-6-4-5-7-15(13)23-3/h4-9,14H,10-11H2,1-3H3,(H2,19,20,25)/b9-8+/t14-/m0/s1. The largest absolute Gasteiger partial charge is 0.496 e. The molecule has 0 fully saturated rings. The van der Waals surface area contributed by atoms with Crippen molar-refractivity contribution in [2.45, 2.75) is 13.0 Å². The van der Waals surface area contributed by atoms with Crippen molar-refractivity contribution in [3.8, 4) is 5.75 Å². The van der Waals surface area contributed by atoms with E-state index >= 15 is 0 Å². The van der Waals surface area contributed by atoms with Gasteiger partial charge >= 0.3 is 5.97 Å². The van der Waals surface area contributed by atoms with Gasteiger partial charge < -0.3 is 24.8 Å². The van der Waals surface area contributed by atoms with Gasteiger partial charge in [0.25, 0.3) is 0 Å². The third-order valence-electron chi connectivity index (χ3n) is 3.65. The predicted octanol–water partition coefficient (Wildman–Crippen LogP) is 2.02. The van der Waals surface area contributed by atoms with Gasteiger partial charge in [-0.1, -0.05) is 30.4 Å². The lowest BCUT2D eigenvalue weighted by Crippen LogP contribution is -2.49. The van der Waals surface area contributed by atoms with Crippen LogP contribution in [0.25, 0.3) is 6.08 Å². The fourth-order valence-corrected chi connectivity index (χ4v) is 2.72. The highest BCUT2D eigenvalue weighted by atomic mass is 32.1. The van der Waals surface area contributed by atoms with Gasteiger partial charge in [-0.05, 0) is 25.2 Å². The summed E-state index contributed by atoms with van der Waals surface area (Å²) in [4.78, 5) is 12.4. The van der Waals surface area contributed by atoms with Crippen molar-refractivity contribution >= 4 is 29.4 Å². The molecule has 0 bridgehead atoms. The van der Waals surface area contributed by atoms with Gasteiger partial charge in [0.1, 0.15) is 12.4 Å². The first-order valence-electron chi connectivity index (χ1n) is 7.82. The lowest BCUT2D eigenvalue weighted by Gasteiger charge is -2.27. The molecule has 0 aliphatic carbocycles. The number of thiocarbonyl (C=S) groups is 1. The monoisotopic (exact) mass is 362 g/mol. The van der Waals surface area contributed by atoms with Crippen LogP contribution in [0.4, 0.5) is 0 Å². The van der Waals surface area contributed by atoms with Crippen LogP contribution in [0.1, 0.15) is 12.5 Å². The maximum atomic E-state index is 12.4. The van der Waals surface area contributed by atoms with E-state index in [1.807, 2.05) is 36.4 Å². The lowest BCUT2D eigenvalue weighted by molar-refractivity contribution is -0.140. The summed E-state index contributed by atoms with van der Waals surface area (Å²) in [5.74, 6) is 0.340. The Hall–Kier alpha value is -2.38. The highest BCUT2D eigenvalue weighted by Crippen LogP contribution is 2.21. The van der Waals surface area contributed by atoms with E-state index in [4.69, 9.17) is 26.4 Å². The van der Waals surface area contributed by atoms with Crippen LogP contribution in [0.5, 0.6) is 5.75 Å². The van der Waals surface area contributed by atoms with E-state index in [-0.39, 0.29) is 6.61 Å². The lowest BCUT2D eigenvalue weighted by atomic mass is 10.0. The number of para-hydroxylation sites is 1. The summed E-state index contributed by atoms with van der Waals surface area (Å²) in [7, 11) is 3.17. The van der Waals surface area contributed by atoms with Crippen LogP contribution in [0.15, 0.2) is 41.6 Å². The minimum absolute atomic E-state index is 0.194. The van der Waals surface area contributed by atoms with Crippen LogP contribution in [0.3, 0.4) is 0 Å². The molecule has 1 aromatic rings. The summed E-state index contributed by atoms with van der Waals surface area (Å²) in [6.07, 6.45) is 3.75. The molecule has 0 radical (unpaired) electrons. The fourth-order valence-electron chi connectivity index (χ4n) is 2.44. The van der Waals surface area contributed by atoms with Gasteiger partial charge in [-0.25, -0.2) is 4.79 Å². The summed E-state index contributed by atoms with van der Waals surface area (Å²) in [6, 6.07) is 7.23. The molecule has 2 N–H and O–H groups in total. The van der Waals surface area contributed by atoms with Gasteiger partial charge in [-0.15, -0.1) is 0 Å². The van der Waals surface area contributed by atoms with Crippen LogP contribution >= 0.6 is 12.2 Å². The van der Waals surface area contributed by atoms with Gasteiger partial charge in [0.05, 0.1) is 25.3 Å². The van der Waals surface area contributed by atoms with Crippen molar-refractivity contribution < 1.29 is 19.0 Å². The minimum atomic E-state index is -0.410. The van der Waals surface area contributed by atoms with Gasteiger partial charge in [-0.3, -0.25) is 0 Å². The molecule has 1 aliphatic heterocycles. The van der Waals surface area contributed by atoms with Crippen molar-refractivity contribution in [3.63, 3.8) is 0 Å². The molecule has 0 spiro atoms. The van der Waals surface area contributed by atoms with Crippen molar-refractivity contribution in [1.82, 2.24) is 10.6 Å². The van der Waals surface area contributed by atoms with E-state index in [1.54, 1.807) is 21.1 Å². The fraction of sp³-hybridized carbons (Fsp3) is 0.333. The molecule has 25 heavy (non-hydrogen) atoms. The highest BCUT2D eigenvalue weighted by Gasteiger charge is 2.28. The third-order valence-corrected chi connectivity index (χ3v) is 3.87. The molecular weight excluding hydrogens is 340 g/mol. The Morgan fingerprint density at radius 1 is 1.28 bits per heavy atom. The number of hydrogen-bond acceptors (Lipinski definition) is 5. The molecule has 1 aliphatic rings. The average molecular weight is 362 g/mol. The Morgan fingerprint density at radius 3 is 2.76 bits per heavy atom. The van der Waals surface area contributed by atoms with E-state index in [2.05, 4.69) is 10.6 Å². The van der Waals surface area contributed by atoms with Crippen LogP contribution < -0.4 is 15.4 Å². The van der Waals surface area contributed by atoms with E-state index in [9.17, 15) is 4.79 Å². The summed E-state index contributed by atoms with van der Waals surface area (Å²) < 4.78 is 15.5. The van der Waals surface area contributed by atoms with E-state index in [1.165, 1.54) is 0 Å². The Labute approximate surface area is 152 Å². The molecule has 6 nitrogen and oxygen atoms in total. The molecule has 0 amide bonds. The molecule has 0 unspecified atom stereocenters. The number of ether oxygens (including phenoxy) is 3. The Balaban J connectivity index is 2.23.